The van der Waals surface area contributed by atoms with Gasteiger partial charge in [-0.3, -0.25) is 4.79 Å². The van der Waals surface area contributed by atoms with Gasteiger partial charge in [0.2, 0.25) is 0 Å². The predicted octanol–water partition coefficient (Wildman–Crippen LogP) is 3.83. The van der Waals surface area contributed by atoms with Crippen LogP contribution in [0, 0.1) is 0 Å². The lowest BCUT2D eigenvalue weighted by atomic mass is 10.1. The van der Waals surface area contributed by atoms with Crippen molar-refractivity contribution in [1.82, 2.24) is 9.78 Å². The Kier molecular flexibility index (Phi) is 5.26. The van der Waals surface area contributed by atoms with Crippen LogP contribution in [0.25, 0.3) is 5.69 Å². The molecule has 3 aromatic rings. The lowest BCUT2D eigenvalue weighted by Gasteiger charge is -2.09. The van der Waals surface area contributed by atoms with E-state index in [1.54, 1.807) is 13.3 Å². The van der Waals surface area contributed by atoms with Gasteiger partial charge in [0.15, 0.2) is 0 Å². The van der Waals surface area contributed by atoms with Crippen LogP contribution >= 0.6 is 0 Å². The maximum Gasteiger partial charge on any atom is 0.259 e. The molecule has 0 aliphatic rings. The molecule has 128 valence electrons. The molecule has 0 unspecified atom stereocenters. The smallest absolute Gasteiger partial charge is 0.259 e. The molecule has 0 saturated heterocycles. The average molecular weight is 335 g/mol. The SMILES string of the molecule is CCc1c(C(=O)Nc2cccc(COC)c2)cnn1-c1ccccc1. The maximum absolute atomic E-state index is 12.7. The number of ether oxygens (including phenoxy) is 1. The van der Waals surface area contributed by atoms with Crippen molar-refractivity contribution in [2.45, 2.75) is 20.0 Å². The van der Waals surface area contributed by atoms with Gasteiger partial charge in [-0.15, -0.1) is 0 Å². The zero-order valence-electron chi connectivity index (χ0n) is 14.4. The summed E-state index contributed by atoms with van der Waals surface area (Å²) in [6.45, 7) is 2.53. The van der Waals surface area contributed by atoms with Crippen molar-refractivity contribution in [3.8, 4) is 5.69 Å². The number of anilines is 1. The van der Waals surface area contributed by atoms with E-state index in [1.807, 2.05) is 66.2 Å². The first kappa shape index (κ1) is 16.9. The zero-order chi connectivity index (χ0) is 17.6. The quantitative estimate of drug-likeness (QED) is 0.745. The molecule has 5 heteroatoms. The van der Waals surface area contributed by atoms with Crippen molar-refractivity contribution >= 4 is 11.6 Å². The summed E-state index contributed by atoms with van der Waals surface area (Å²) < 4.78 is 6.95. The summed E-state index contributed by atoms with van der Waals surface area (Å²) in [4.78, 5) is 12.7. The Labute approximate surface area is 147 Å². The lowest BCUT2D eigenvalue weighted by molar-refractivity contribution is 0.102. The minimum absolute atomic E-state index is 0.159. The third-order valence-corrected chi connectivity index (χ3v) is 3.95. The Morgan fingerprint density at radius 1 is 1.16 bits per heavy atom. The molecule has 3 rings (SSSR count). The number of aromatic nitrogens is 2. The molecule has 0 radical (unpaired) electrons. The van der Waals surface area contributed by atoms with Gasteiger partial charge < -0.3 is 10.1 Å². The Bertz CT molecular complexity index is 856. The number of para-hydroxylation sites is 1. The summed E-state index contributed by atoms with van der Waals surface area (Å²) in [6, 6.07) is 17.5. The van der Waals surface area contributed by atoms with Gasteiger partial charge in [0, 0.05) is 12.8 Å². The second kappa shape index (κ2) is 7.77. The number of hydrogen-bond acceptors (Lipinski definition) is 3. The molecule has 25 heavy (non-hydrogen) atoms. The molecule has 1 N–H and O–H groups in total. The zero-order valence-corrected chi connectivity index (χ0v) is 14.4. The van der Waals surface area contributed by atoms with Crippen LogP contribution in [0.3, 0.4) is 0 Å². The van der Waals surface area contributed by atoms with Crippen molar-refractivity contribution in [1.29, 1.82) is 0 Å². The van der Waals surface area contributed by atoms with Crippen LogP contribution in [0.4, 0.5) is 5.69 Å². The molecule has 0 saturated carbocycles. The Morgan fingerprint density at radius 2 is 1.96 bits per heavy atom. The molecule has 0 bridgehead atoms. The van der Waals surface area contributed by atoms with Gasteiger partial charge >= 0.3 is 0 Å². The van der Waals surface area contributed by atoms with Gasteiger partial charge in [0.05, 0.1) is 29.7 Å². The van der Waals surface area contributed by atoms with E-state index in [4.69, 9.17) is 4.74 Å². The molecule has 5 nitrogen and oxygen atoms in total. The lowest BCUT2D eigenvalue weighted by Crippen LogP contribution is -2.14. The van der Waals surface area contributed by atoms with Crippen molar-refractivity contribution in [2.24, 2.45) is 0 Å². The minimum atomic E-state index is -0.159. The third-order valence-electron chi connectivity index (χ3n) is 3.95. The highest BCUT2D eigenvalue weighted by molar-refractivity contribution is 6.05. The van der Waals surface area contributed by atoms with Crippen LogP contribution in [0.1, 0.15) is 28.5 Å². The maximum atomic E-state index is 12.7. The van der Waals surface area contributed by atoms with Gasteiger partial charge in [0.25, 0.3) is 5.91 Å². The summed E-state index contributed by atoms with van der Waals surface area (Å²) in [5, 5.41) is 7.35. The summed E-state index contributed by atoms with van der Waals surface area (Å²) in [5.74, 6) is -0.159. The monoisotopic (exact) mass is 335 g/mol. The van der Waals surface area contributed by atoms with Crippen molar-refractivity contribution in [3.05, 3.63) is 77.6 Å². The summed E-state index contributed by atoms with van der Waals surface area (Å²) in [6.07, 6.45) is 2.33. The third kappa shape index (κ3) is 3.78. The standard InChI is InChI=1S/C20H21N3O2/c1-3-19-18(13-21-23(19)17-10-5-4-6-11-17)20(24)22-16-9-7-8-15(12-16)14-25-2/h4-13H,3,14H2,1-2H3,(H,22,24). The van der Waals surface area contributed by atoms with E-state index < -0.39 is 0 Å². The number of hydrogen-bond donors (Lipinski definition) is 1. The van der Waals surface area contributed by atoms with Crippen LogP contribution in [0.2, 0.25) is 0 Å². The fourth-order valence-corrected chi connectivity index (χ4v) is 2.80. The molecule has 0 spiro atoms. The summed E-state index contributed by atoms with van der Waals surface area (Å²) in [5.41, 5.74) is 4.17. The van der Waals surface area contributed by atoms with Crippen LogP contribution in [0.15, 0.2) is 60.8 Å². The van der Waals surface area contributed by atoms with Crippen molar-refractivity contribution in [2.75, 3.05) is 12.4 Å². The molecule has 1 heterocycles. The summed E-state index contributed by atoms with van der Waals surface area (Å²) >= 11 is 0. The number of methoxy groups -OCH3 is 1. The van der Waals surface area contributed by atoms with Gasteiger partial charge in [-0.25, -0.2) is 4.68 Å². The first-order valence-electron chi connectivity index (χ1n) is 8.24. The molecule has 1 amide bonds. The fourth-order valence-electron chi connectivity index (χ4n) is 2.80. The number of rotatable bonds is 6. The van der Waals surface area contributed by atoms with Crippen LogP contribution in [-0.4, -0.2) is 22.8 Å². The summed E-state index contributed by atoms with van der Waals surface area (Å²) in [7, 11) is 1.65. The number of amides is 1. The number of carbonyl (C=O) groups is 1. The number of benzene rings is 2. The highest BCUT2D eigenvalue weighted by Gasteiger charge is 2.17. The number of nitrogens with one attached hydrogen (secondary N) is 1. The fraction of sp³-hybridized carbons (Fsp3) is 0.200. The first-order valence-corrected chi connectivity index (χ1v) is 8.24. The Hall–Kier alpha value is -2.92. The van der Waals surface area contributed by atoms with Gasteiger partial charge in [-0.1, -0.05) is 37.3 Å². The molecule has 1 aromatic heterocycles. The van der Waals surface area contributed by atoms with Gasteiger partial charge in [-0.2, -0.15) is 5.10 Å². The van der Waals surface area contributed by atoms with E-state index in [9.17, 15) is 4.79 Å². The van der Waals surface area contributed by atoms with Crippen LogP contribution in [0.5, 0.6) is 0 Å². The second-order valence-corrected chi connectivity index (χ2v) is 5.69. The molecule has 2 aromatic carbocycles. The van der Waals surface area contributed by atoms with Crippen LogP contribution in [-0.2, 0) is 17.8 Å². The van der Waals surface area contributed by atoms with E-state index in [0.717, 1.165) is 22.6 Å². The highest BCUT2D eigenvalue weighted by Crippen LogP contribution is 2.18. The topological polar surface area (TPSA) is 56.1 Å². The minimum Gasteiger partial charge on any atom is -0.380 e. The van der Waals surface area contributed by atoms with Crippen molar-refractivity contribution < 1.29 is 9.53 Å². The molecule has 0 fully saturated rings. The number of nitrogens with zero attached hydrogens (tertiary/aromatic N) is 2. The largest absolute Gasteiger partial charge is 0.380 e. The molecule has 0 atom stereocenters. The van der Waals surface area contributed by atoms with E-state index >= 15 is 0 Å². The van der Waals surface area contributed by atoms with E-state index in [2.05, 4.69) is 10.4 Å². The van der Waals surface area contributed by atoms with E-state index in [0.29, 0.717) is 18.6 Å². The average Bonchev–Trinajstić information content (AvgIpc) is 3.07. The van der Waals surface area contributed by atoms with E-state index in [-0.39, 0.29) is 5.91 Å². The predicted molar refractivity (Wildman–Crippen MR) is 98.1 cm³/mol. The Balaban J connectivity index is 1.85. The van der Waals surface area contributed by atoms with Crippen molar-refractivity contribution in [3.63, 3.8) is 0 Å². The molecular weight excluding hydrogens is 314 g/mol. The Morgan fingerprint density at radius 3 is 2.68 bits per heavy atom. The molecular formula is C20H21N3O2. The normalized spacial score (nSPS) is 10.6. The number of carbonyl (C=O) groups excluding carboxylic acids is 1. The van der Waals surface area contributed by atoms with E-state index in [1.165, 1.54) is 0 Å². The van der Waals surface area contributed by atoms with Gasteiger partial charge in [0.1, 0.15) is 0 Å². The highest BCUT2D eigenvalue weighted by atomic mass is 16.5. The molecule has 0 aliphatic carbocycles. The first-order chi connectivity index (χ1) is 12.2. The van der Waals surface area contributed by atoms with Crippen LogP contribution < -0.4 is 5.32 Å². The van der Waals surface area contributed by atoms with Gasteiger partial charge in [-0.05, 0) is 36.2 Å². The second-order valence-electron chi connectivity index (χ2n) is 5.69. The molecule has 0 aliphatic heterocycles.